The highest BCUT2D eigenvalue weighted by Gasteiger charge is 2.71. The summed E-state index contributed by atoms with van der Waals surface area (Å²) in [6.07, 6.45) is -7.78. The summed E-state index contributed by atoms with van der Waals surface area (Å²) in [7, 11) is 0. The van der Waals surface area contributed by atoms with Crippen molar-refractivity contribution in [1.29, 1.82) is 0 Å². The number of benzene rings is 2. The Morgan fingerprint density at radius 3 is 2.26 bits per heavy atom. The molecule has 2 N–H and O–H groups in total. The number of aryl methyl sites for hydroxylation is 1. The maximum atomic E-state index is 13.3. The molecule has 0 spiro atoms. The molecule has 4 rings (SSSR count). The predicted molar refractivity (Wildman–Crippen MR) is 138 cm³/mol. The number of hydrogen-bond donors (Lipinski definition) is 2. The minimum absolute atomic E-state index is 0.0170. The third-order valence-electron chi connectivity index (χ3n) is 7.17. The number of aliphatic hydroxyl groups is 1. The van der Waals surface area contributed by atoms with E-state index in [-0.39, 0.29) is 30.9 Å². The van der Waals surface area contributed by atoms with Crippen molar-refractivity contribution in [3.8, 4) is 5.75 Å². The molecule has 42 heavy (non-hydrogen) atoms. The third kappa shape index (κ3) is 5.59. The van der Waals surface area contributed by atoms with Crippen LogP contribution in [0.25, 0.3) is 11.0 Å². The van der Waals surface area contributed by atoms with E-state index in [4.69, 9.17) is 4.74 Å². The molecule has 8 nitrogen and oxygen atoms in total. The highest BCUT2D eigenvalue weighted by atomic mass is 19.4. The molecular formula is C28H28F6N4O4. The molecule has 1 atom stereocenters. The average Bonchev–Trinajstić information content (AvgIpc) is 3.15. The molecule has 1 saturated heterocycles. The van der Waals surface area contributed by atoms with Crippen molar-refractivity contribution in [2.24, 2.45) is 0 Å². The molecule has 14 heteroatoms. The Bertz CT molecular complexity index is 1460. The zero-order chi connectivity index (χ0) is 30.9. The standard InChI is InChI=1S/C28H28F6N4O4/c1-3-6-17-15-19(26(41,27(29,30)31)28(32,33)34)8-10-22(17)42-14-5-4-13-38-23(39)25(2,37-24(38)40)18-7-9-20-21(16-18)36-12-11-35-20/h7-12,15-16,41H,3-6,13-14H2,1-2H3,(H,37,40). The average molecular weight is 599 g/mol. The summed E-state index contributed by atoms with van der Waals surface area (Å²) in [4.78, 5) is 35.4. The van der Waals surface area contributed by atoms with Gasteiger partial charge in [0.2, 0.25) is 0 Å². The third-order valence-corrected chi connectivity index (χ3v) is 7.17. The number of rotatable bonds is 10. The maximum absolute atomic E-state index is 13.3. The Balaban J connectivity index is 1.39. The van der Waals surface area contributed by atoms with Crippen LogP contribution in [-0.4, -0.2) is 57.4 Å². The molecule has 2 heterocycles. The van der Waals surface area contributed by atoms with Crippen LogP contribution in [0.3, 0.4) is 0 Å². The van der Waals surface area contributed by atoms with Crippen molar-refractivity contribution in [2.45, 2.75) is 63.0 Å². The van der Waals surface area contributed by atoms with Crippen molar-refractivity contribution in [3.05, 3.63) is 65.5 Å². The smallest absolute Gasteiger partial charge is 0.430 e. The first kappa shape index (κ1) is 31.0. The van der Waals surface area contributed by atoms with Gasteiger partial charge in [-0.15, -0.1) is 0 Å². The summed E-state index contributed by atoms with van der Waals surface area (Å²) < 4.78 is 85.5. The molecule has 0 radical (unpaired) electrons. The van der Waals surface area contributed by atoms with Crippen LogP contribution in [0, 0.1) is 0 Å². The second-order valence-corrected chi connectivity index (χ2v) is 10.1. The Kier molecular flexibility index (Phi) is 8.40. The highest BCUT2D eigenvalue weighted by molar-refractivity contribution is 6.07. The number of hydrogen-bond acceptors (Lipinski definition) is 6. The Labute approximate surface area is 236 Å². The number of imide groups is 1. The Morgan fingerprint density at radius 2 is 1.62 bits per heavy atom. The van der Waals surface area contributed by atoms with E-state index in [9.17, 15) is 41.0 Å². The molecule has 2 aromatic carbocycles. The topological polar surface area (TPSA) is 105 Å². The van der Waals surface area contributed by atoms with Gasteiger partial charge in [-0.1, -0.05) is 25.5 Å². The van der Waals surface area contributed by atoms with Crippen molar-refractivity contribution >= 4 is 23.0 Å². The van der Waals surface area contributed by atoms with Crippen LogP contribution in [0.5, 0.6) is 5.75 Å². The second-order valence-electron chi connectivity index (χ2n) is 10.1. The maximum Gasteiger partial charge on any atom is 0.430 e. The molecule has 226 valence electrons. The lowest BCUT2D eigenvalue weighted by molar-refractivity contribution is -0.376. The summed E-state index contributed by atoms with van der Waals surface area (Å²) in [5, 5.41) is 12.4. The van der Waals surface area contributed by atoms with Crippen molar-refractivity contribution in [2.75, 3.05) is 13.2 Å². The van der Waals surface area contributed by atoms with Gasteiger partial charge in [0.25, 0.3) is 11.5 Å². The Morgan fingerprint density at radius 1 is 0.952 bits per heavy atom. The zero-order valence-electron chi connectivity index (χ0n) is 22.6. The number of urea groups is 1. The lowest BCUT2D eigenvalue weighted by atomic mass is 9.90. The molecular weight excluding hydrogens is 570 g/mol. The molecule has 1 fully saturated rings. The zero-order valence-corrected chi connectivity index (χ0v) is 22.6. The number of aromatic nitrogens is 2. The van der Waals surface area contributed by atoms with E-state index in [0.29, 0.717) is 48.0 Å². The van der Waals surface area contributed by atoms with Crippen LogP contribution >= 0.6 is 0 Å². The van der Waals surface area contributed by atoms with Gasteiger partial charge in [0.1, 0.15) is 11.3 Å². The summed E-state index contributed by atoms with van der Waals surface area (Å²) >= 11 is 0. The van der Waals surface area contributed by atoms with E-state index in [0.717, 1.165) is 11.0 Å². The number of alkyl halides is 6. The van der Waals surface area contributed by atoms with Crippen molar-refractivity contribution in [1.82, 2.24) is 20.2 Å². The molecule has 3 aromatic rings. The van der Waals surface area contributed by atoms with Crippen LogP contribution < -0.4 is 10.1 Å². The van der Waals surface area contributed by atoms with Crippen LogP contribution in [0.15, 0.2) is 48.8 Å². The SMILES string of the molecule is CCCc1cc(C(O)(C(F)(F)F)C(F)(F)F)ccc1OCCCCN1C(=O)NC(C)(c2ccc3nccnc3c2)C1=O. The van der Waals surface area contributed by atoms with Gasteiger partial charge < -0.3 is 15.2 Å². The number of halogens is 6. The number of carbonyl (C=O) groups excluding carboxylic acids is 2. The lowest BCUT2D eigenvalue weighted by Gasteiger charge is -2.33. The monoisotopic (exact) mass is 598 g/mol. The number of unbranched alkanes of at least 4 members (excludes halogenated alkanes) is 1. The molecule has 0 bridgehead atoms. The number of nitrogens with zero attached hydrogens (tertiary/aromatic N) is 3. The van der Waals surface area contributed by atoms with E-state index >= 15 is 0 Å². The quantitative estimate of drug-likeness (QED) is 0.181. The van der Waals surface area contributed by atoms with Crippen LogP contribution in [-0.2, 0) is 22.4 Å². The van der Waals surface area contributed by atoms with Crippen LogP contribution in [0.4, 0.5) is 31.1 Å². The molecule has 1 unspecified atom stereocenters. The van der Waals surface area contributed by atoms with Crippen LogP contribution in [0.1, 0.15) is 49.8 Å². The van der Waals surface area contributed by atoms with E-state index in [1.165, 1.54) is 6.20 Å². The number of amides is 3. The van der Waals surface area contributed by atoms with Gasteiger partial charge in [-0.25, -0.2) is 4.79 Å². The van der Waals surface area contributed by atoms with Gasteiger partial charge in [-0.2, -0.15) is 26.3 Å². The molecule has 1 aliphatic heterocycles. The number of ether oxygens (including phenoxy) is 1. The van der Waals surface area contributed by atoms with Gasteiger partial charge >= 0.3 is 18.4 Å². The molecule has 1 aromatic heterocycles. The fourth-order valence-corrected chi connectivity index (χ4v) is 4.82. The van der Waals surface area contributed by atoms with Gasteiger partial charge in [0, 0.05) is 24.5 Å². The molecule has 3 amide bonds. The lowest BCUT2D eigenvalue weighted by Crippen LogP contribution is -2.53. The summed E-state index contributed by atoms with van der Waals surface area (Å²) in [5.41, 5.74) is -5.89. The van der Waals surface area contributed by atoms with E-state index in [1.54, 1.807) is 38.2 Å². The minimum Gasteiger partial charge on any atom is -0.493 e. The molecule has 0 aliphatic carbocycles. The molecule has 0 saturated carbocycles. The fourth-order valence-electron chi connectivity index (χ4n) is 4.82. The first-order chi connectivity index (χ1) is 19.6. The first-order valence-electron chi connectivity index (χ1n) is 13.1. The van der Waals surface area contributed by atoms with Crippen molar-refractivity contribution < 1.29 is 45.8 Å². The predicted octanol–water partition coefficient (Wildman–Crippen LogP) is 5.52. The highest BCUT2D eigenvalue weighted by Crippen LogP contribution is 2.50. The summed E-state index contributed by atoms with van der Waals surface area (Å²) in [5.74, 6) is -0.381. The normalized spacial score (nSPS) is 18.1. The van der Waals surface area contributed by atoms with Gasteiger partial charge in [-0.3, -0.25) is 19.7 Å². The van der Waals surface area contributed by atoms with E-state index in [1.807, 2.05) is 0 Å². The Hall–Kier alpha value is -3.94. The van der Waals surface area contributed by atoms with Crippen molar-refractivity contribution in [3.63, 3.8) is 0 Å². The largest absolute Gasteiger partial charge is 0.493 e. The van der Waals surface area contributed by atoms with Crippen LogP contribution in [0.2, 0.25) is 0 Å². The first-order valence-corrected chi connectivity index (χ1v) is 13.1. The minimum atomic E-state index is -5.99. The van der Waals surface area contributed by atoms with E-state index in [2.05, 4.69) is 15.3 Å². The van der Waals surface area contributed by atoms with Gasteiger partial charge in [0.05, 0.1) is 17.6 Å². The summed E-state index contributed by atoms with van der Waals surface area (Å²) in [6.45, 7) is 3.35. The van der Waals surface area contributed by atoms with E-state index < -0.39 is 41.0 Å². The number of fused-ring (bicyclic) bond motifs is 1. The fraction of sp³-hybridized carbons (Fsp3) is 0.429. The van der Waals surface area contributed by atoms with Gasteiger partial charge in [0.15, 0.2) is 0 Å². The summed E-state index contributed by atoms with van der Waals surface area (Å²) in [6, 6.07) is 6.67. The second kappa shape index (κ2) is 11.4. The molecule has 1 aliphatic rings. The number of carbonyl (C=O) groups is 2. The number of nitrogens with one attached hydrogen (secondary N) is 1. The van der Waals surface area contributed by atoms with Gasteiger partial charge in [-0.05, 0) is 61.6 Å².